The summed E-state index contributed by atoms with van der Waals surface area (Å²) in [6, 6.07) is 3.84. The topological polar surface area (TPSA) is 75.1 Å². The van der Waals surface area contributed by atoms with Crippen molar-refractivity contribution in [2.75, 3.05) is 6.61 Å². The number of aliphatic hydroxyl groups excluding tert-OH is 1. The van der Waals surface area contributed by atoms with Gasteiger partial charge in [-0.1, -0.05) is 0 Å². The molecule has 5 nitrogen and oxygen atoms in total. The van der Waals surface area contributed by atoms with E-state index in [1.807, 2.05) is 0 Å². The fourth-order valence-corrected chi connectivity index (χ4v) is 1.68. The normalized spacial score (nSPS) is 10.7. The van der Waals surface area contributed by atoms with E-state index in [1.165, 1.54) is 0 Å². The highest BCUT2D eigenvalue weighted by Gasteiger charge is 2.10. The summed E-state index contributed by atoms with van der Waals surface area (Å²) in [4.78, 5) is 25.6. The molecule has 2 rings (SSSR count). The first-order valence-electron chi connectivity index (χ1n) is 5.43. The molecule has 0 aliphatic rings. The SMILES string of the molecule is O=c1cc(-c2ccc(F)cc2F)[nH]c(=O)n1CCO. The fraction of sp³-hybridized carbons (Fsp3) is 0.167. The number of halogens is 2. The Labute approximate surface area is 105 Å². The molecule has 2 N–H and O–H groups in total. The van der Waals surface area contributed by atoms with Crippen LogP contribution in [0.25, 0.3) is 11.3 Å². The van der Waals surface area contributed by atoms with E-state index in [4.69, 9.17) is 5.11 Å². The zero-order chi connectivity index (χ0) is 14.0. The van der Waals surface area contributed by atoms with Gasteiger partial charge in [-0.2, -0.15) is 0 Å². The molecule has 0 amide bonds. The first kappa shape index (κ1) is 13.2. The minimum absolute atomic E-state index is 0.0401. The number of hydrogen-bond donors (Lipinski definition) is 2. The number of aromatic amines is 1. The van der Waals surface area contributed by atoms with Crippen LogP contribution >= 0.6 is 0 Å². The van der Waals surface area contributed by atoms with Crippen LogP contribution < -0.4 is 11.2 Å². The number of aromatic nitrogens is 2. The third kappa shape index (κ3) is 2.60. The largest absolute Gasteiger partial charge is 0.395 e. The van der Waals surface area contributed by atoms with E-state index >= 15 is 0 Å². The minimum atomic E-state index is -0.880. The molecule has 0 bridgehead atoms. The highest BCUT2D eigenvalue weighted by Crippen LogP contribution is 2.19. The maximum atomic E-state index is 13.5. The van der Waals surface area contributed by atoms with Gasteiger partial charge in [0.2, 0.25) is 0 Å². The molecule has 2 aromatic rings. The lowest BCUT2D eigenvalue weighted by Gasteiger charge is -2.06. The van der Waals surface area contributed by atoms with E-state index < -0.39 is 22.9 Å². The minimum Gasteiger partial charge on any atom is -0.395 e. The molecule has 1 aromatic heterocycles. The summed E-state index contributed by atoms with van der Waals surface area (Å²) in [6.07, 6.45) is 0. The van der Waals surface area contributed by atoms with Crippen LogP contribution in [-0.2, 0) is 6.54 Å². The second-order valence-corrected chi connectivity index (χ2v) is 3.83. The fourth-order valence-electron chi connectivity index (χ4n) is 1.68. The third-order valence-corrected chi connectivity index (χ3v) is 2.57. The van der Waals surface area contributed by atoms with E-state index in [-0.39, 0.29) is 24.4 Å². The van der Waals surface area contributed by atoms with Gasteiger partial charge in [-0.15, -0.1) is 0 Å². The Hall–Kier alpha value is -2.28. The Morgan fingerprint density at radius 3 is 2.53 bits per heavy atom. The van der Waals surface area contributed by atoms with Gasteiger partial charge in [-0.25, -0.2) is 13.6 Å². The lowest BCUT2D eigenvalue weighted by molar-refractivity contribution is 0.271. The predicted molar refractivity (Wildman–Crippen MR) is 63.8 cm³/mol. The van der Waals surface area contributed by atoms with Gasteiger partial charge in [-0.3, -0.25) is 9.36 Å². The van der Waals surface area contributed by atoms with Crippen LogP contribution in [0.2, 0.25) is 0 Å². The number of nitrogens with one attached hydrogen (secondary N) is 1. The number of hydrogen-bond acceptors (Lipinski definition) is 3. The number of H-pyrrole nitrogens is 1. The van der Waals surface area contributed by atoms with E-state index in [1.54, 1.807) is 0 Å². The molecular formula is C12H10F2N2O3. The predicted octanol–water partition coefficient (Wildman–Crippen LogP) is 0.474. The van der Waals surface area contributed by atoms with Crippen molar-refractivity contribution in [2.45, 2.75) is 6.54 Å². The number of nitrogens with zero attached hydrogens (tertiary/aromatic N) is 1. The molecule has 0 saturated heterocycles. The van der Waals surface area contributed by atoms with Crippen molar-refractivity contribution in [1.29, 1.82) is 0 Å². The molecular weight excluding hydrogens is 258 g/mol. The molecule has 19 heavy (non-hydrogen) atoms. The summed E-state index contributed by atoms with van der Waals surface area (Å²) in [5.41, 5.74) is -1.55. The molecule has 0 unspecified atom stereocenters. The Kier molecular flexibility index (Phi) is 3.57. The molecule has 1 heterocycles. The van der Waals surface area contributed by atoms with Crippen LogP contribution in [0.3, 0.4) is 0 Å². The summed E-state index contributed by atoms with van der Waals surface area (Å²) in [6.45, 7) is -0.520. The van der Waals surface area contributed by atoms with Crippen LogP contribution in [-0.4, -0.2) is 21.3 Å². The van der Waals surface area contributed by atoms with Gasteiger partial charge in [-0.05, 0) is 12.1 Å². The van der Waals surface area contributed by atoms with Gasteiger partial charge in [0.25, 0.3) is 5.56 Å². The maximum absolute atomic E-state index is 13.5. The molecule has 0 fully saturated rings. The Balaban J connectivity index is 2.59. The summed E-state index contributed by atoms with van der Waals surface area (Å²) in [5, 5.41) is 8.72. The quantitative estimate of drug-likeness (QED) is 0.850. The van der Waals surface area contributed by atoms with E-state index in [0.717, 1.165) is 22.8 Å². The van der Waals surface area contributed by atoms with Crippen molar-refractivity contribution in [3.63, 3.8) is 0 Å². The molecule has 0 aliphatic heterocycles. The highest BCUT2D eigenvalue weighted by molar-refractivity contribution is 5.59. The van der Waals surface area contributed by atoms with Crippen molar-refractivity contribution >= 4 is 0 Å². The Morgan fingerprint density at radius 1 is 1.21 bits per heavy atom. The first-order chi connectivity index (χ1) is 9.02. The van der Waals surface area contributed by atoms with Gasteiger partial charge in [0.05, 0.1) is 18.8 Å². The molecule has 0 radical (unpaired) electrons. The Morgan fingerprint density at radius 2 is 1.95 bits per heavy atom. The van der Waals surface area contributed by atoms with Crippen molar-refractivity contribution < 1.29 is 13.9 Å². The van der Waals surface area contributed by atoms with Crippen molar-refractivity contribution in [3.05, 3.63) is 56.7 Å². The van der Waals surface area contributed by atoms with Crippen LogP contribution in [0, 0.1) is 11.6 Å². The van der Waals surface area contributed by atoms with Crippen LogP contribution in [0.15, 0.2) is 33.9 Å². The zero-order valence-electron chi connectivity index (χ0n) is 9.69. The molecule has 0 saturated carbocycles. The lowest BCUT2D eigenvalue weighted by atomic mass is 10.1. The second-order valence-electron chi connectivity index (χ2n) is 3.83. The van der Waals surface area contributed by atoms with Gasteiger partial charge < -0.3 is 10.1 Å². The van der Waals surface area contributed by atoms with Crippen molar-refractivity contribution in [1.82, 2.24) is 9.55 Å². The van der Waals surface area contributed by atoms with E-state index in [0.29, 0.717) is 6.07 Å². The molecule has 7 heteroatoms. The smallest absolute Gasteiger partial charge is 0.328 e. The monoisotopic (exact) mass is 268 g/mol. The van der Waals surface area contributed by atoms with Gasteiger partial charge in [0.15, 0.2) is 0 Å². The highest BCUT2D eigenvalue weighted by atomic mass is 19.1. The molecule has 0 atom stereocenters. The maximum Gasteiger partial charge on any atom is 0.328 e. The van der Waals surface area contributed by atoms with Crippen molar-refractivity contribution in [3.8, 4) is 11.3 Å². The van der Waals surface area contributed by atoms with Gasteiger partial charge in [0, 0.05) is 17.7 Å². The molecule has 100 valence electrons. The van der Waals surface area contributed by atoms with Crippen LogP contribution in [0.5, 0.6) is 0 Å². The zero-order valence-corrected chi connectivity index (χ0v) is 9.69. The number of aliphatic hydroxyl groups is 1. The molecule has 0 spiro atoms. The number of rotatable bonds is 3. The first-order valence-corrected chi connectivity index (χ1v) is 5.43. The van der Waals surface area contributed by atoms with E-state index in [2.05, 4.69) is 4.98 Å². The summed E-state index contributed by atoms with van der Waals surface area (Å²) < 4.78 is 27.1. The van der Waals surface area contributed by atoms with Crippen LogP contribution in [0.1, 0.15) is 0 Å². The van der Waals surface area contributed by atoms with Gasteiger partial charge >= 0.3 is 5.69 Å². The van der Waals surface area contributed by atoms with Crippen molar-refractivity contribution in [2.24, 2.45) is 0 Å². The third-order valence-electron chi connectivity index (χ3n) is 2.57. The molecule has 0 aliphatic carbocycles. The van der Waals surface area contributed by atoms with E-state index in [9.17, 15) is 18.4 Å². The molecule has 1 aromatic carbocycles. The lowest BCUT2D eigenvalue weighted by Crippen LogP contribution is -2.35. The average Bonchev–Trinajstić information content (AvgIpc) is 2.33. The average molecular weight is 268 g/mol. The van der Waals surface area contributed by atoms with Gasteiger partial charge in [0.1, 0.15) is 11.6 Å². The Bertz CT molecular complexity index is 690. The number of benzene rings is 1. The summed E-state index contributed by atoms with van der Waals surface area (Å²) in [7, 11) is 0. The van der Waals surface area contributed by atoms with Crippen LogP contribution in [0.4, 0.5) is 8.78 Å². The summed E-state index contributed by atoms with van der Waals surface area (Å²) >= 11 is 0. The second kappa shape index (κ2) is 5.15. The standard InChI is InChI=1S/C12H10F2N2O3/c13-7-1-2-8(9(14)5-7)10-6-11(18)16(3-4-17)12(19)15-10/h1-2,5-6,17H,3-4H2,(H,15,19). The summed E-state index contributed by atoms with van der Waals surface area (Å²) in [5.74, 6) is -1.63.